The molecule has 0 bridgehead atoms. The van der Waals surface area contributed by atoms with Gasteiger partial charge in [0, 0.05) is 12.5 Å². The van der Waals surface area contributed by atoms with Crippen LogP contribution in [0.3, 0.4) is 0 Å². The highest BCUT2D eigenvalue weighted by molar-refractivity contribution is 5.91. The molecule has 1 unspecified atom stereocenters. The Balaban J connectivity index is 1.28. The highest BCUT2D eigenvalue weighted by Gasteiger charge is 2.48. The van der Waals surface area contributed by atoms with Crippen molar-refractivity contribution in [2.24, 2.45) is 5.92 Å². The average molecular weight is 463 g/mol. The summed E-state index contributed by atoms with van der Waals surface area (Å²) in [6, 6.07) is 15.5. The molecular formula is C27H30N2O5. The quantitative estimate of drug-likeness (QED) is 0.644. The predicted octanol–water partition coefficient (Wildman–Crippen LogP) is 4.16. The Kier molecular flexibility index (Phi) is 5.80. The van der Waals surface area contributed by atoms with Crippen molar-refractivity contribution in [2.45, 2.75) is 56.5 Å². The van der Waals surface area contributed by atoms with Gasteiger partial charge in [-0.1, -0.05) is 61.4 Å². The Labute approximate surface area is 199 Å². The minimum atomic E-state index is -1.23. The molecule has 3 aliphatic rings. The molecule has 5 rings (SSSR count). The van der Waals surface area contributed by atoms with Gasteiger partial charge in [-0.05, 0) is 54.4 Å². The van der Waals surface area contributed by atoms with E-state index in [9.17, 15) is 19.5 Å². The number of likely N-dealkylation sites (tertiary alicyclic amines) is 1. The molecule has 1 heterocycles. The van der Waals surface area contributed by atoms with Crippen molar-refractivity contribution < 1.29 is 24.2 Å². The fourth-order valence-corrected chi connectivity index (χ4v) is 5.42. The molecule has 2 N–H and O–H groups in total. The molecule has 1 saturated heterocycles. The predicted molar refractivity (Wildman–Crippen MR) is 126 cm³/mol. The monoisotopic (exact) mass is 462 g/mol. The number of carboxylic acid groups (broad SMARTS) is 1. The zero-order valence-electron chi connectivity index (χ0n) is 19.3. The lowest BCUT2D eigenvalue weighted by atomic mass is 9.98. The van der Waals surface area contributed by atoms with Crippen molar-refractivity contribution in [3.05, 3.63) is 59.7 Å². The Morgan fingerprint density at radius 3 is 2.29 bits per heavy atom. The lowest BCUT2D eigenvalue weighted by Gasteiger charge is -2.34. The smallest absolute Gasteiger partial charge is 0.407 e. The number of aliphatic carboxylic acids is 1. The second kappa shape index (κ2) is 8.78. The van der Waals surface area contributed by atoms with Crippen molar-refractivity contribution in [1.29, 1.82) is 0 Å². The normalized spacial score (nSPS) is 22.1. The van der Waals surface area contributed by atoms with Crippen LogP contribution in [0.15, 0.2) is 48.5 Å². The molecule has 7 nitrogen and oxygen atoms in total. The van der Waals surface area contributed by atoms with Gasteiger partial charge >= 0.3 is 12.1 Å². The third-order valence-electron chi connectivity index (χ3n) is 7.57. The molecule has 0 aromatic heterocycles. The number of carbonyl (C=O) groups is 3. The molecule has 2 aromatic carbocycles. The van der Waals surface area contributed by atoms with Gasteiger partial charge in [-0.3, -0.25) is 4.79 Å². The van der Waals surface area contributed by atoms with Crippen LogP contribution in [0.25, 0.3) is 11.1 Å². The minimum absolute atomic E-state index is 0.0652. The number of nitrogens with zero attached hydrogens (tertiary/aromatic N) is 1. The summed E-state index contributed by atoms with van der Waals surface area (Å²) in [5, 5.41) is 12.5. The summed E-state index contributed by atoms with van der Waals surface area (Å²) >= 11 is 0. The van der Waals surface area contributed by atoms with Crippen LogP contribution < -0.4 is 5.32 Å². The maximum Gasteiger partial charge on any atom is 0.407 e. The topological polar surface area (TPSA) is 95.9 Å². The Bertz CT molecular complexity index is 1080. The number of alkyl carbamates (subject to hydrolysis) is 1. The first-order chi connectivity index (χ1) is 16.4. The van der Waals surface area contributed by atoms with Gasteiger partial charge in [-0.15, -0.1) is 0 Å². The summed E-state index contributed by atoms with van der Waals surface area (Å²) in [4.78, 5) is 39.5. The van der Waals surface area contributed by atoms with Gasteiger partial charge in [0.05, 0.1) is 0 Å². The number of carboxylic acids is 1. The number of carbonyl (C=O) groups excluding carboxylic acids is 2. The number of rotatable bonds is 7. The first-order valence-electron chi connectivity index (χ1n) is 12.0. The molecule has 0 radical (unpaired) electrons. The van der Waals surface area contributed by atoms with E-state index in [2.05, 4.69) is 29.6 Å². The Morgan fingerprint density at radius 2 is 1.71 bits per heavy atom. The van der Waals surface area contributed by atoms with Gasteiger partial charge in [-0.2, -0.15) is 0 Å². The fraction of sp³-hybridized carbons (Fsp3) is 0.444. The standard InChI is InChI=1S/C27H30N2O5/c1-27(25(31)32)13-6-14-29(27)24(30)23(15-17-11-12-17)28-26(33)34-16-22-20-9-4-2-7-18(20)19-8-3-5-10-21(19)22/h2-5,7-10,17,22-23H,6,11-16H2,1H3,(H,28,33)(H,31,32)/t23?,27-/m0/s1. The second-order valence-electron chi connectivity index (χ2n) is 9.87. The van der Waals surface area contributed by atoms with E-state index in [-0.39, 0.29) is 18.4 Å². The van der Waals surface area contributed by atoms with E-state index in [0.717, 1.165) is 35.1 Å². The van der Waals surface area contributed by atoms with E-state index < -0.39 is 23.6 Å². The summed E-state index contributed by atoms with van der Waals surface area (Å²) in [5.41, 5.74) is 3.31. The number of ether oxygens (including phenoxy) is 1. The third kappa shape index (κ3) is 4.04. The molecule has 2 amide bonds. The van der Waals surface area contributed by atoms with Crippen LogP contribution in [-0.2, 0) is 14.3 Å². The van der Waals surface area contributed by atoms with Crippen molar-refractivity contribution in [2.75, 3.05) is 13.2 Å². The number of hydrogen-bond acceptors (Lipinski definition) is 4. The second-order valence-corrected chi connectivity index (χ2v) is 9.87. The van der Waals surface area contributed by atoms with Crippen molar-refractivity contribution in [3.63, 3.8) is 0 Å². The lowest BCUT2D eigenvalue weighted by molar-refractivity contribution is -0.156. The van der Waals surface area contributed by atoms with Crippen LogP contribution in [0, 0.1) is 5.92 Å². The van der Waals surface area contributed by atoms with E-state index in [1.165, 1.54) is 4.90 Å². The molecular weight excluding hydrogens is 432 g/mol. The van der Waals surface area contributed by atoms with Gasteiger partial charge in [-0.25, -0.2) is 9.59 Å². The number of amides is 2. The largest absolute Gasteiger partial charge is 0.480 e. The molecule has 1 aliphatic heterocycles. The fourth-order valence-electron chi connectivity index (χ4n) is 5.42. The molecule has 1 saturated carbocycles. The number of benzene rings is 2. The molecule has 7 heteroatoms. The SMILES string of the molecule is C[C@@]1(C(=O)O)CCCN1C(=O)C(CC1CC1)NC(=O)OCC1c2ccccc2-c2ccccc21. The van der Waals surface area contributed by atoms with Crippen LogP contribution >= 0.6 is 0 Å². The average Bonchev–Trinajstić information content (AvgIpc) is 3.47. The first-order valence-corrected chi connectivity index (χ1v) is 12.0. The van der Waals surface area contributed by atoms with Crippen molar-refractivity contribution in [3.8, 4) is 11.1 Å². The maximum atomic E-state index is 13.3. The third-order valence-corrected chi connectivity index (χ3v) is 7.57. The minimum Gasteiger partial charge on any atom is -0.480 e. The molecule has 2 aliphatic carbocycles. The number of nitrogens with one attached hydrogen (secondary N) is 1. The van der Waals surface area contributed by atoms with Crippen LogP contribution in [0.2, 0.25) is 0 Å². The Hall–Kier alpha value is -3.35. The molecule has 2 aromatic rings. The molecule has 178 valence electrons. The van der Waals surface area contributed by atoms with Gasteiger partial charge in [0.25, 0.3) is 0 Å². The molecule has 2 atom stereocenters. The summed E-state index contributed by atoms with van der Waals surface area (Å²) in [5.74, 6) is -1.03. The molecule has 0 spiro atoms. The summed E-state index contributed by atoms with van der Waals surface area (Å²) in [6.07, 6.45) is 2.95. The van der Waals surface area contributed by atoms with E-state index in [4.69, 9.17) is 4.74 Å². The van der Waals surface area contributed by atoms with Crippen molar-refractivity contribution >= 4 is 18.0 Å². The van der Waals surface area contributed by atoms with E-state index in [1.807, 2.05) is 24.3 Å². The Morgan fingerprint density at radius 1 is 1.09 bits per heavy atom. The molecule has 2 fully saturated rings. The van der Waals surface area contributed by atoms with Gasteiger partial charge < -0.3 is 20.1 Å². The van der Waals surface area contributed by atoms with Crippen LogP contribution in [-0.4, -0.2) is 52.7 Å². The van der Waals surface area contributed by atoms with E-state index >= 15 is 0 Å². The van der Waals surface area contributed by atoms with Crippen molar-refractivity contribution in [1.82, 2.24) is 10.2 Å². The van der Waals surface area contributed by atoms with Gasteiger partial charge in [0.1, 0.15) is 18.2 Å². The van der Waals surface area contributed by atoms with Gasteiger partial charge in [0.2, 0.25) is 5.91 Å². The summed E-state index contributed by atoms with van der Waals surface area (Å²) < 4.78 is 5.65. The zero-order valence-corrected chi connectivity index (χ0v) is 19.3. The highest BCUT2D eigenvalue weighted by atomic mass is 16.5. The highest BCUT2D eigenvalue weighted by Crippen LogP contribution is 2.44. The zero-order chi connectivity index (χ0) is 23.9. The summed E-state index contributed by atoms with van der Waals surface area (Å²) in [6.45, 7) is 2.14. The van der Waals surface area contributed by atoms with E-state index in [0.29, 0.717) is 31.7 Å². The number of fused-ring (bicyclic) bond motifs is 3. The maximum absolute atomic E-state index is 13.3. The van der Waals surface area contributed by atoms with Crippen LogP contribution in [0.1, 0.15) is 56.1 Å². The van der Waals surface area contributed by atoms with Crippen LogP contribution in [0.4, 0.5) is 4.79 Å². The molecule has 34 heavy (non-hydrogen) atoms. The van der Waals surface area contributed by atoms with Gasteiger partial charge in [0.15, 0.2) is 0 Å². The number of hydrogen-bond donors (Lipinski definition) is 2. The van der Waals surface area contributed by atoms with Crippen LogP contribution in [0.5, 0.6) is 0 Å². The summed E-state index contributed by atoms with van der Waals surface area (Å²) in [7, 11) is 0. The lowest BCUT2D eigenvalue weighted by Crippen LogP contribution is -2.57. The van der Waals surface area contributed by atoms with E-state index in [1.54, 1.807) is 6.92 Å². The first kappa shape index (κ1) is 22.4.